The van der Waals surface area contributed by atoms with E-state index in [1.54, 1.807) is 11.3 Å². The van der Waals surface area contributed by atoms with E-state index < -0.39 is 0 Å². The molecule has 0 radical (unpaired) electrons. The van der Waals surface area contributed by atoms with Crippen LogP contribution in [0, 0.1) is 0 Å². The molecule has 0 saturated carbocycles. The standard InChI is InChI=1S/C16H9BrN2S/c17-14-10-6-2-1-3-7-11(10)18-15(14)16-19-12-8-4-5-9-13(12)20-16/h1-9H. The molecule has 2 heterocycles. The topological polar surface area (TPSA) is 25.8 Å². The number of nitrogens with zero attached hydrogens (tertiary/aromatic N) is 2. The van der Waals surface area contributed by atoms with Gasteiger partial charge in [-0.05, 0) is 34.1 Å². The SMILES string of the molecule is Brc1c2cccccc-2nc1-c1nc2ccccc2s1. The smallest absolute Gasteiger partial charge is 0.144 e. The highest BCUT2D eigenvalue weighted by Crippen LogP contribution is 2.40. The molecular weight excluding hydrogens is 332 g/mol. The van der Waals surface area contributed by atoms with Crippen molar-refractivity contribution in [2.75, 3.05) is 0 Å². The molecule has 0 fully saturated rings. The molecule has 0 atom stereocenters. The summed E-state index contributed by atoms with van der Waals surface area (Å²) < 4.78 is 2.20. The number of hydrogen-bond donors (Lipinski definition) is 0. The van der Waals surface area contributed by atoms with Crippen LogP contribution < -0.4 is 0 Å². The highest BCUT2D eigenvalue weighted by Gasteiger charge is 2.18. The molecule has 0 bridgehead atoms. The summed E-state index contributed by atoms with van der Waals surface area (Å²) in [7, 11) is 0. The van der Waals surface area contributed by atoms with E-state index in [0.29, 0.717) is 0 Å². The minimum atomic E-state index is 0.924. The lowest BCUT2D eigenvalue weighted by molar-refractivity contribution is 1.37. The summed E-state index contributed by atoms with van der Waals surface area (Å²) in [4.78, 5) is 9.40. The van der Waals surface area contributed by atoms with Crippen LogP contribution in [0.3, 0.4) is 0 Å². The van der Waals surface area contributed by atoms with Gasteiger partial charge in [0.25, 0.3) is 0 Å². The molecule has 0 saturated heterocycles. The summed E-state index contributed by atoms with van der Waals surface area (Å²) >= 11 is 5.34. The van der Waals surface area contributed by atoms with Crippen molar-refractivity contribution < 1.29 is 0 Å². The van der Waals surface area contributed by atoms with E-state index in [4.69, 9.17) is 4.98 Å². The van der Waals surface area contributed by atoms with Crippen LogP contribution in [0.15, 0.2) is 59.1 Å². The average Bonchev–Trinajstić information content (AvgIpc) is 2.92. The maximum atomic E-state index is 4.72. The van der Waals surface area contributed by atoms with E-state index in [-0.39, 0.29) is 0 Å². The van der Waals surface area contributed by atoms with Crippen molar-refractivity contribution in [3.8, 4) is 22.0 Å². The molecule has 0 spiro atoms. The summed E-state index contributed by atoms with van der Waals surface area (Å²) in [6.07, 6.45) is 0. The normalized spacial score (nSPS) is 11.2. The summed E-state index contributed by atoms with van der Waals surface area (Å²) in [5.74, 6) is 0. The second kappa shape index (κ2) is 4.65. The van der Waals surface area contributed by atoms with Gasteiger partial charge >= 0.3 is 0 Å². The van der Waals surface area contributed by atoms with Crippen molar-refractivity contribution in [1.29, 1.82) is 0 Å². The van der Waals surface area contributed by atoms with E-state index in [1.807, 2.05) is 42.5 Å². The first-order chi connectivity index (χ1) is 9.83. The lowest BCUT2D eigenvalue weighted by Crippen LogP contribution is -1.75. The highest BCUT2D eigenvalue weighted by atomic mass is 79.9. The maximum Gasteiger partial charge on any atom is 0.144 e. The lowest BCUT2D eigenvalue weighted by Gasteiger charge is -1.90. The number of benzene rings is 1. The van der Waals surface area contributed by atoms with Gasteiger partial charge in [-0.25, -0.2) is 9.97 Å². The summed E-state index contributed by atoms with van der Waals surface area (Å²) in [5, 5.41) is 0.955. The van der Waals surface area contributed by atoms with Crippen LogP contribution in [-0.2, 0) is 0 Å². The third-order valence-corrected chi connectivity index (χ3v) is 5.03. The number of halogens is 1. The van der Waals surface area contributed by atoms with Crippen molar-refractivity contribution >= 4 is 37.5 Å². The molecule has 0 amide bonds. The Morgan fingerprint density at radius 1 is 0.850 bits per heavy atom. The van der Waals surface area contributed by atoms with Crippen LogP contribution in [0.1, 0.15) is 0 Å². The van der Waals surface area contributed by atoms with Gasteiger partial charge in [-0.3, -0.25) is 0 Å². The number of rotatable bonds is 1. The summed E-state index contributed by atoms with van der Waals surface area (Å²) in [6.45, 7) is 0. The molecule has 1 aliphatic carbocycles. The first kappa shape index (κ1) is 12.0. The Kier molecular flexibility index (Phi) is 2.79. The van der Waals surface area contributed by atoms with Gasteiger partial charge < -0.3 is 0 Å². The van der Waals surface area contributed by atoms with Crippen LogP contribution in [0.5, 0.6) is 0 Å². The fourth-order valence-corrected chi connectivity index (χ4v) is 3.94. The number of para-hydroxylation sites is 1. The van der Waals surface area contributed by atoms with Crippen molar-refractivity contribution in [3.63, 3.8) is 0 Å². The molecule has 4 heteroatoms. The molecule has 0 N–H and O–H groups in total. The molecule has 1 aromatic carbocycles. The summed E-state index contributed by atoms with van der Waals surface area (Å²) in [5.41, 5.74) is 4.05. The summed E-state index contributed by atoms with van der Waals surface area (Å²) in [6, 6.07) is 18.3. The Balaban J connectivity index is 1.98. The zero-order chi connectivity index (χ0) is 13.5. The Morgan fingerprint density at radius 3 is 2.55 bits per heavy atom. The van der Waals surface area contributed by atoms with E-state index >= 15 is 0 Å². The van der Waals surface area contributed by atoms with Gasteiger partial charge in [-0.1, -0.05) is 36.4 Å². The Hall–Kier alpha value is -1.78. The number of aromatic nitrogens is 2. The third-order valence-electron chi connectivity index (χ3n) is 3.19. The minimum Gasteiger partial charge on any atom is -0.244 e. The average molecular weight is 341 g/mol. The fraction of sp³-hybridized carbons (Fsp3) is 0. The molecule has 2 nitrogen and oxygen atoms in total. The Morgan fingerprint density at radius 2 is 1.65 bits per heavy atom. The van der Waals surface area contributed by atoms with Crippen molar-refractivity contribution in [2.24, 2.45) is 0 Å². The highest BCUT2D eigenvalue weighted by molar-refractivity contribution is 9.10. The molecule has 20 heavy (non-hydrogen) atoms. The first-order valence-electron chi connectivity index (χ1n) is 6.23. The minimum absolute atomic E-state index is 0.924. The molecule has 96 valence electrons. The molecule has 0 unspecified atom stereocenters. The molecule has 2 aliphatic rings. The van der Waals surface area contributed by atoms with Gasteiger partial charge in [0, 0.05) is 5.56 Å². The molecule has 4 rings (SSSR count). The Labute approximate surface area is 128 Å². The molecule has 1 aliphatic heterocycles. The van der Waals surface area contributed by atoms with E-state index in [0.717, 1.165) is 31.9 Å². The molecule has 2 aromatic rings. The number of thiazole rings is 1. The number of hydrogen-bond acceptors (Lipinski definition) is 3. The van der Waals surface area contributed by atoms with Crippen LogP contribution in [0.2, 0.25) is 0 Å². The zero-order valence-corrected chi connectivity index (χ0v) is 12.8. The van der Waals surface area contributed by atoms with Crippen LogP contribution >= 0.6 is 27.3 Å². The van der Waals surface area contributed by atoms with Crippen LogP contribution in [0.4, 0.5) is 0 Å². The van der Waals surface area contributed by atoms with Gasteiger partial charge in [0.05, 0.1) is 20.4 Å². The fourth-order valence-electron chi connectivity index (χ4n) is 2.23. The maximum absolute atomic E-state index is 4.72. The van der Waals surface area contributed by atoms with Gasteiger partial charge in [0.15, 0.2) is 0 Å². The predicted octanol–water partition coefficient (Wildman–Crippen LogP) is 5.23. The monoisotopic (exact) mass is 340 g/mol. The van der Waals surface area contributed by atoms with Crippen molar-refractivity contribution in [3.05, 3.63) is 59.1 Å². The van der Waals surface area contributed by atoms with E-state index in [2.05, 4.69) is 33.0 Å². The third kappa shape index (κ3) is 1.84. The predicted molar refractivity (Wildman–Crippen MR) is 87.2 cm³/mol. The quantitative estimate of drug-likeness (QED) is 0.474. The Bertz CT molecular complexity index is 852. The largest absolute Gasteiger partial charge is 0.244 e. The lowest BCUT2D eigenvalue weighted by atomic mass is 10.2. The van der Waals surface area contributed by atoms with E-state index in [9.17, 15) is 0 Å². The van der Waals surface area contributed by atoms with Gasteiger partial charge in [0.1, 0.15) is 10.7 Å². The second-order valence-electron chi connectivity index (χ2n) is 4.47. The number of fused-ring (bicyclic) bond motifs is 2. The zero-order valence-electron chi connectivity index (χ0n) is 10.4. The van der Waals surface area contributed by atoms with Crippen LogP contribution in [0.25, 0.3) is 32.2 Å². The molecule has 1 aromatic heterocycles. The van der Waals surface area contributed by atoms with Crippen molar-refractivity contribution in [1.82, 2.24) is 9.97 Å². The van der Waals surface area contributed by atoms with Gasteiger partial charge in [-0.15, -0.1) is 11.3 Å². The van der Waals surface area contributed by atoms with Crippen LogP contribution in [-0.4, -0.2) is 9.97 Å². The molecular formula is C16H9BrN2S. The van der Waals surface area contributed by atoms with Gasteiger partial charge in [0.2, 0.25) is 0 Å². The van der Waals surface area contributed by atoms with Crippen molar-refractivity contribution in [2.45, 2.75) is 0 Å². The first-order valence-corrected chi connectivity index (χ1v) is 7.84. The van der Waals surface area contributed by atoms with E-state index in [1.165, 1.54) is 4.70 Å². The second-order valence-corrected chi connectivity index (χ2v) is 6.29. The van der Waals surface area contributed by atoms with Gasteiger partial charge in [-0.2, -0.15) is 0 Å².